The van der Waals surface area contributed by atoms with Crippen molar-refractivity contribution >= 4 is 11.9 Å². The van der Waals surface area contributed by atoms with Gasteiger partial charge in [-0.15, -0.1) is 0 Å². The molecule has 0 aromatic heterocycles. The van der Waals surface area contributed by atoms with Gasteiger partial charge < -0.3 is 9.47 Å². The van der Waals surface area contributed by atoms with Crippen LogP contribution in [0.25, 0.3) is 0 Å². The molecule has 1 aliphatic heterocycles. The fourth-order valence-electron chi connectivity index (χ4n) is 5.91. The first kappa shape index (κ1) is 18.5. The van der Waals surface area contributed by atoms with Gasteiger partial charge in [0.2, 0.25) is 0 Å². The van der Waals surface area contributed by atoms with E-state index < -0.39 is 0 Å². The van der Waals surface area contributed by atoms with Gasteiger partial charge in [0.1, 0.15) is 0 Å². The van der Waals surface area contributed by atoms with Gasteiger partial charge in [-0.05, 0) is 54.8 Å². The molecule has 2 saturated carbocycles. The summed E-state index contributed by atoms with van der Waals surface area (Å²) in [5, 5.41) is 0. The molecule has 0 aromatic rings. The second-order valence-electron chi connectivity index (χ2n) is 9.42. The lowest BCUT2D eigenvalue weighted by Crippen LogP contribution is -2.35. The van der Waals surface area contributed by atoms with Gasteiger partial charge in [-0.25, -0.2) is 0 Å². The third-order valence-electron chi connectivity index (χ3n) is 7.28. The maximum Gasteiger partial charge on any atom is 0.309 e. The van der Waals surface area contributed by atoms with Crippen molar-refractivity contribution < 1.29 is 19.1 Å². The van der Waals surface area contributed by atoms with Crippen LogP contribution in [-0.2, 0) is 19.1 Å². The summed E-state index contributed by atoms with van der Waals surface area (Å²) in [6, 6.07) is 0. The molecule has 1 heterocycles. The molecule has 0 radical (unpaired) electrons. The van der Waals surface area contributed by atoms with E-state index in [1.54, 1.807) is 0 Å². The Labute approximate surface area is 151 Å². The van der Waals surface area contributed by atoms with E-state index >= 15 is 0 Å². The van der Waals surface area contributed by atoms with Crippen molar-refractivity contribution in [2.24, 2.45) is 34.5 Å². The summed E-state index contributed by atoms with van der Waals surface area (Å²) in [6.45, 7) is 11.7. The topological polar surface area (TPSA) is 52.6 Å². The first-order chi connectivity index (χ1) is 11.7. The van der Waals surface area contributed by atoms with E-state index in [9.17, 15) is 9.59 Å². The average Bonchev–Trinajstić information content (AvgIpc) is 3.06. The first-order valence-electron chi connectivity index (χ1n) is 9.59. The molecular formula is C21H32O4. The zero-order valence-electron chi connectivity index (χ0n) is 16.1. The van der Waals surface area contributed by atoms with E-state index in [1.807, 2.05) is 0 Å². The van der Waals surface area contributed by atoms with Crippen LogP contribution in [0, 0.1) is 34.5 Å². The van der Waals surface area contributed by atoms with Crippen molar-refractivity contribution in [2.75, 3.05) is 13.7 Å². The predicted molar refractivity (Wildman–Crippen MR) is 95.7 cm³/mol. The molecule has 5 atom stereocenters. The van der Waals surface area contributed by atoms with E-state index in [4.69, 9.17) is 9.47 Å². The molecule has 0 aromatic carbocycles. The molecule has 3 aliphatic rings. The van der Waals surface area contributed by atoms with Crippen molar-refractivity contribution in [1.82, 2.24) is 0 Å². The molecule has 3 fully saturated rings. The van der Waals surface area contributed by atoms with Gasteiger partial charge in [0.15, 0.2) is 0 Å². The number of rotatable bonds is 3. The highest BCUT2D eigenvalue weighted by atomic mass is 16.5. The molecule has 1 saturated heterocycles. The van der Waals surface area contributed by atoms with Crippen molar-refractivity contribution in [3.8, 4) is 0 Å². The standard InChI is InChI=1S/C21H32O4/c1-13-7-6-8-20(2,3)16-11-21(4,10-15(13)16)18-14(9-17(22)24-5)12-25-19(18)23/h14-16,18H,1,6-12H2,2-5H3. The van der Waals surface area contributed by atoms with Crippen LogP contribution in [0.4, 0.5) is 0 Å². The van der Waals surface area contributed by atoms with Crippen molar-refractivity contribution in [3.63, 3.8) is 0 Å². The average molecular weight is 348 g/mol. The number of methoxy groups -OCH3 is 1. The predicted octanol–water partition coefficient (Wildman–Crippen LogP) is 4.14. The second-order valence-corrected chi connectivity index (χ2v) is 9.42. The molecule has 0 bridgehead atoms. The number of hydrogen-bond donors (Lipinski definition) is 0. The molecule has 0 N–H and O–H groups in total. The Morgan fingerprint density at radius 1 is 1.32 bits per heavy atom. The molecule has 25 heavy (non-hydrogen) atoms. The van der Waals surface area contributed by atoms with Gasteiger partial charge in [0.05, 0.1) is 26.1 Å². The van der Waals surface area contributed by atoms with Crippen LogP contribution in [-0.4, -0.2) is 25.7 Å². The molecule has 0 spiro atoms. The zero-order chi connectivity index (χ0) is 18.4. The summed E-state index contributed by atoms with van der Waals surface area (Å²) in [4.78, 5) is 24.4. The maximum absolute atomic E-state index is 12.6. The fraction of sp³-hybridized carbons (Fsp3) is 0.810. The normalized spacial score (nSPS) is 40.3. The molecular weight excluding hydrogens is 316 g/mol. The van der Waals surface area contributed by atoms with E-state index in [2.05, 4.69) is 27.4 Å². The highest BCUT2D eigenvalue weighted by Gasteiger charge is 2.57. The first-order valence-corrected chi connectivity index (χ1v) is 9.59. The molecule has 2 aliphatic carbocycles. The number of hydrogen-bond acceptors (Lipinski definition) is 4. The van der Waals surface area contributed by atoms with Crippen LogP contribution < -0.4 is 0 Å². The molecule has 3 rings (SSSR count). The van der Waals surface area contributed by atoms with Crippen LogP contribution >= 0.6 is 0 Å². The summed E-state index contributed by atoms with van der Waals surface area (Å²) in [5.41, 5.74) is 1.50. The maximum atomic E-state index is 12.6. The quantitative estimate of drug-likeness (QED) is 0.568. The van der Waals surface area contributed by atoms with Gasteiger partial charge in [-0.1, -0.05) is 32.9 Å². The lowest BCUT2D eigenvalue weighted by atomic mass is 9.67. The number of cyclic esters (lactones) is 1. The summed E-state index contributed by atoms with van der Waals surface area (Å²) in [5.74, 6) is 0.380. The summed E-state index contributed by atoms with van der Waals surface area (Å²) < 4.78 is 10.2. The number of carbonyl (C=O) groups excluding carboxylic acids is 2. The Kier molecular flexibility index (Phi) is 4.76. The minimum absolute atomic E-state index is 0.0660. The van der Waals surface area contributed by atoms with Gasteiger partial charge in [-0.2, -0.15) is 0 Å². The largest absolute Gasteiger partial charge is 0.469 e. The molecule has 140 valence electrons. The van der Waals surface area contributed by atoms with E-state index in [0.717, 1.165) is 19.3 Å². The van der Waals surface area contributed by atoms with Crippen LogP contribution in [0.15, 0.2) is 12.2 Å². The Balaban J connectivity index is 1.87. The lowest BCUT2D eigenvalue weighted by Gasteiger charge is -2.36. The smallest absolute Gasteiger partial charge is 0.309 e. The van der Waals surface area contributed by atoms with Crippen LogP contribution in [0.5, 0.6) is 0 Å². The highest BCUT2D eigenvalue weighted by Crippen LogP contribution is 2.62. The van der Waals surface area contributed by atoms with Gasteiger partial charge in [0.25, 0.3) is 0 Å². The number of esters is 2. The highest BCUT2D eigenvalue weighted by molar-refractivity contribution is 5.78. The molecule has 4 heteroatoms. The lowest BCUT2D eigenvalue weighted by molar-refractivity contribution is -0.145. The van der Waals surface area contributed by atoms with E-state index in [1.165, 1.54) is 25.5 Å². The number of fused-ring (bicyclic) bond motifs is 1. The SMILES string of the molecule is C=C1CCCC(C)(C)C2CC(C)(C3C(=O)OCC3CC(=O)OC)CC12. The Bertz CT molecular complexity index is 578. The Morgan fingerprint density at radius 3 is 2.72 bits per heavy atom. The van der Waals surface area contributed by atoms with Crippen molar-refractivity contribution in [2.45, 2.75) is 59.3 Å². The van der Waals surface area contributed by atoms with Crippen molar-refractivity contribution in [3.05, 3.63) is 12.2 Å². The fourth-order valence-corrected chi connectivity index (χ4v) is 5.91. The number of ether oxygens (including phenoxy) is 2. The van der Waals surface area contributed by atoms with E-state index in [0.29, 0.717) is 18.4 Å². The third-order valence-corrected chi connectivity index (χ3v) is 7.28. The summed E-state index contributed by atoms with van der Waals surface area (Å²) in [7, 11) is 1.40. The van der Waals surface area contributed by atoms with Crippen LogP contribution in [0.2, 0.25) is 0 Å². The van der Waals surface area contributed by atoms with Gasteiger partial charge in [-0.3, -0.25) is 9.59 Å². The Morgan fingerprint density at radius 2 is 2.04 bits per heavy atom. The van der Waals surface area contributed by atoms with Crippen LogP contribution in [0.3, 0.4) is 0 Å². The third kappa shape index (κ3) is 3.24. The second kappa shape index (κ2) is 6.44. The summed E-state index contributed by atoms with van der Waals surface area (Å²) in [6.07, 6.45) is 5.79. The molecule has 5 unspecified atom stereocenters. The minimum atomic E-state index is -0.256. The van der Waals surface area contributed by atoms with Gasteiger partial charge in [0, 0.05) is 5.92 Å². The van der Waals surface area contributed by atoms with E-state index in [-0.39, 0.29) is 41.0 Å². The number of allylic oxidation sites excluding steroid dienone is 1. The van der Waals surface area contributed by atoms with Crippen LogP contribution in [0.1, 0.15) is 59.3 Å². The van der Waals surface area contributed by atoms with Gasteiger partial charge >= 0.3 is 11.9 Å². The Hall–Kier alpha value is -1.32. The zero-order valence-corrected chi connectivity index (χ0v) is 16.1. The number of carbonyl (C=O) groups is 2. The minimum Gasteiger partial charge on any atom is -0.469 e. The van der Waals surface area contributed by atoms with Crippen molar-refractivity contribution in [1.29, 1.82) is 0 Å². The molecule has 0 amide bonds. The summed E-state index contributed by atoms with van der Waals surface area (Å²) >= 11 is 0. The molecule has 4 nitrogen and oxygen atoms in total. The monoisotopic (exact) mass is 348 g/mol.